The Bertz CT molecular complexity index is 796. The highest BCUT2D eigenvalue weighted by molar-refractivity contribution is 6.26. The molecule has 0 bridgehead atoms. The molecule has 2 saturated heterocycles. The molecule has 1 aromatic carbocycles. The molecule has 0 aliphatic carbocycles. The molecule has 2 heterocycles. The first-order valence-corrected chi connectivity index (χ1v) is 10.8. The third-order valence-electron chi connectivity index (χ3n) is 4.76. The first kappa shape index (κ1) is 24.9. The third kappa shape index (κ3) is 5.98. The van der Waals surface area contributed by atoms with Crippen molar-refractivity contribution in [3.05, 3.63) is 35.9 Å². The molecule has 2 aliphatic rings. The number of methoxy groups -OCH3 is 1. The lowest BCUT2D eigenvalue weighted by Crippen LogP contribution is -2.61. The van der Waals surface area contributed by atoms with Gasteiger partial charge in [-0.3, -0.25) is 9.53 Å². The molecule has 1 aromatic rings. The lowest BCUT2D eigenvalue weighted by molar-refractivity contribution is -0.371. The van der Waals surface area contributed by atoms with Crippen LogP contribution in [0.5, 0.6) is 0 Å². The average molecular weight is 473 g/mol. The van der Waals surface area contributed by atoms with Gasteiger partial charge >= 0.3 is 11.9 Å². The molecule has 0 radical (unpaired) electrons. The van der Waals surface area contributed by atoms with Crippen LogP contribution in [0.4, 0.5) is 0 Å². The topological polar surface area (TPSA) is 98.8 Å². The maximum Gasteiger partial charge on any atom is 0.339 e. The van der Waals surface area contributed by atoms with E-state index in [4.69, 9.17) is 44.8 Å². The zero-order valence-electron chi connectivity index (χ0n) is 18.7. The Morgan fingerprint density at radius 1 is 1.12 bits per heavy atom. The van der Waals surface area contributed by atoms with Gasteiger partial charge in [-0.05, 0) is 26.3 Å². The number of rotatable bonds is 7. The van der Waals surface area contributed by atoms with Crippen molar-refractivity contribution in [1.29, 1.82) is 0 Å². The molecule has 32 heavy (non-hydrogen) atoms. The van der Waals surface area contributed by atoms with Gasteiger partial charge in [-0.2, -0.15) is 0 Å². The minimum absolute atomic E-state index is 0.164. The van der Waals surface area contributed by atoms with E-state index in [1.54, 1.807) is 6.92 Å². The van der Waals surface area contributed by atoms with Gasteiger partial charge in [0.25, 0.3) is 5.97 Å². The number of carbonyl (C=O) groups is 2. The van der Waals surface area contributed by atoms with Crippen molar-refractivity contribution < 1.29 is 42.7 Å². The maximum atomic E-state index is 12.5. The molecule has 2 fully saturated rings. The van der Waals surface area contributed by atoms with E-state index < -0.39 is 60.1 Å². The normalized spacial score (nSPS) is 32.2. The second kappa shape index (κ2) is 10.0. The SMILES string of the molecule is COC(=O)[C@@H]1O[C@@H]2OC(C)(OC(C)(C)C)O[C@@H]2[C@@H](OCc2ccccc2)[C@@H]1OC(=O)CCl. The molecule has 0 spiro atoms. The van der Waals surface area contributed by atoms with Crippen LogP contribution in [0.1, 0.15) is 33.3 Å². The molecule has 178 valence electrons. The van der Waals surface area contributed by atoms with Gasteiger partial charge in [-0.1, -0.05) is 30.3 Å². The number of fused-ring (bicyclic) bond motifs is 1. The second-order valence-corrected chi connectivity index (χ2v) is 8.84. The Balaban J connectivity index is 1.91. The van der Waals surface area contributed by atoms with E-state index in [0.717, 1.165) is 5.56 Å². The maximum absolute atomic E-state index is 12.5. The summed E-state index contributed by atoms with van der Waals surface area (Å²) >= 11 is 5.63. The Morgan fingerprint density at radius 2 is 1.81 bits per heavy atom. The number of hydrogen-bond acceptors (Lipinski definition) is 9. The molecular formula is C22H29ClO9. The molecule has 2 aliphatic heterocycles. The standard InChI is InChI=1S/C22H29ClO9/c1-21(2,3)32-22(4)30-18-15(27-12-13-9-7-6-8-10-13)16(28-14(24)11-23)17(19(25)26-5)29-20(18)31-22/h6-10,15-18,20H,11-12H2,1-5H3/t15-,16-,17+,18+,20+,22?/m0/s1. The van der Waals surface area contributed by atoms with Crippen LogP contribution in [0.2, 0.25) is 0 Å². The summed E-state index contributed by atoms with van der Waals surface area (Å²) in [7, 11) is 1.21. The highest BCUT2D eigenvalue weighted by atomic mass is 35.5. The van der Waals surface area contributed by atoms with E-state index in [1.165, 1.54) is 7.11 Å². The van der Waals surface area contributed by atoms with Gasteiger partial charge in [-0.25, -0.2) is 4.79 Å². The Labute approximate surface area is 192 Å². The summed E-state index contributed by atoms with van der Waals surface area (Å²) in [6.45, 7) is 7.30. The molecule has 9 nitrogen and oxygen atoms in total. The summed E-state index contributed by atoms with van der Waals surface area (Å²) in [5.41, 5.74) is 0.273. The first-order valence-electron chi connectivity index (χ1n) is 10.3. The molecular weight excluding hydrogens is 444 g/mol. The van der Waals surface area contributed by atoms with Crippen LogP contribution >= 0.6 is 11.6 Å². The van der Waals surface area contributed by atoms with Gasteiger partial charge in [0.15, 0.2) is 18.5 Å². The number of halogens is 1. The van der Waals surface area contributed by atoms with Crippen LogP contribution in [-0.4, -0.2) is 67.2 Å². The fourth-order valence-corrected chi connectivity index (χ4v) is 3.76. The number of carbonyl (C=O) groups excluding carboxylic acids is 2. The van der Waals surface area contributed by atoms with Gasteiger partial charge in [0.1, 0.15) is 18.1 Å². The lowest BCUT2D eigenvalue weighted by Gasteiger charge is -2.40. The zero-order chi connectivity index (χ0) is 23.5. The fraction of sp³-hybridized carbons (Fsp3) is 0.636. The van der Waals surface area contributed by atoms with Gasteiger partial charge in [-0.15, -0.1) is 11.6 Å². The number of benzene rings is 1. The summed E-state index contributed by atoms with van der Waals surface area (Å²) in [5.74, 6) is -3.38. The average Bonchev–Trinajstić information content (AvgIpc) is 3.06. The van der Waals surface area contributed by atoms with Crippen molar-refractivity contribution in [3.63, 3.8) is 0 Å². The zero-order valence-corrected chi connectivity index (χ0v) is 19.5. The van der Waals surface area contributed by atoms with Crippen LogP contribution in [0.3, 0.4) is 0 Å². The predicted octanol–water partition coefficient (Wildman–Crippen LogP) is 2.52. The van der Waals surface area contributed by atoms with Gasteiger partial charge in [0, 0.05) is 6.92 Å². The highest BCUT2D eigenvalue weighted by Gasteiger charge is 2.60. The van der Waals surface area contributed by atoms with E-state index >= 15 is 0 Å². The summed E-state index contributed by atoms with van der Waals surface area (Å²) in [4.78, 5) is 24.5. The molecule has 0 saturated carbocycles. The molecule has 0 N–H and O–H groups in total. The van der Waals surface area contributed by atoms with E-state index in [2.05, 4.69) is 0 Å². The first-order chi connectivity index (χ1) is 15.0. The monoisotopic (exact) mass is 472 g/mol. The lowest BCUT2D eigenvalue weighted by atomic mass is 9.98. The molecule has 6 atom stereocenters. The van der Waals surface area contributed by atoms with Gasteiger partial charge in [0.2, 0.25) is 0 Å². The van der Waals surface area contributed by atoms with Crippen molar-refractivity contribution >= 4 is 23.5 Å². The highest BCUT2D eigenvalue weighted by Crippen LogP contribution is 2.41. The van der Waals surface area contributed by atoms with Gasteiger partial charge < -0.3 is 28.4 Å². The van der Waals surface area contributed by atoms with Crippen LogP contribution < -0.4 is 0 Å². The summed E-state index contributed by atoms with van der Waals surface area (Å²) in [6, 6.07) is 9.39. The van der Waals surface area contributed by atoms with Crippen molar-refractivity contribution in [2.45, 2.75) is 76.6 Å². The van der Waals surface area contributed by atoms with Crippen LogP contribution in [0.25, 0.3) is 0 Å². The summed E-state index contributed by atoms with van der Waals surface area (Å²) < 4.78 is 40.1. The van der Waals surface area contributed by atoms with Gasteiger partial charge in [0.05, 0.1) is 19.3 Å². The minimum Gasteiger partial charge on any atom is -0.467 e. The number of esters is 2. The Hall–Kier alpha value is -1.75. The molecule has 0 aromatic heterocycles. The van der Waals surface area contributed by atoms with E-state index in [9.17, 15) is 9.59 Å². The molecule has 10 heteroatoms. The molecule has 3 rings (SSSR count). The van der Waals surface area contributed by atoms with Crippen LogP contribution in [-0.2, 0) is 49.4 Å². The van der Waals surface area contributed by atoms with E-state index in [-0.39, 0.29) is 6.61 Å². The van der Waals surface area contributed by atoms with E-state index in [1.807, 2.05) is 51.1 Å². The summed E-state index contributed by atoms with van der Waals surface area (Å²) in [6.07, 6.45) is -5.32. The Morgan fingerprint density at radius 3 is 2.41 bits per heavy atom. The third-order valence-corrected chi connectivity index (χ3v) is 4.98. The predicted molar refractivity (Wildman–Crippen MR) is 111 cm³/mol. The fourth-order valence-electron chi connectivity index (χ4n) is 3.70. The van der Waals surface area contributed by atoms with Crippen molar-refractivity contribution in [3.8, 4) is 0 Å². The number of alkyl halides is 1. The number of ether oxygens (including phenoxy) is 7. The second-order valence-electron chi connectivity index (χ2n) is 8.57. The summed E-state index contributed by atoms with van der Waals surface area (Å²) in [5, 5.41) is 0. The van der Waals surface area contributed by atoms with Crippen molar-refractivity contribution in [2.24, 2.45) is 0 Å². The smallest absolute Gasteiger partial charge is 0.339 e. The van der Waals surface area contributed by atoms with Crippen LogP contribution in [0.15, 0.2) is 30.3 Å². The van der Waals surface area contributed by atoms with Crippen molar-refractivity contribution in [2.75, 3.05) is 13.0 Å². The number of hydrogen-bond donors (Lipinski definition) is 0. The largest absolute Gasteiger partial charge is 0.467 e. The van der Waals surface area contributed by atoms with Crippen molar-refractivity contribution in [1.82, 2.24) is 0 Å². The van der Waals surface area contributed by atoms with E-state index in [0.29, 0.717) is 0 Å². The molecule has 0 amide bonds. The van der Waals surface area contributed by atoms with Crippen LogP contribution in [0, 0.1) is 0 Å². The Kier molecular flexibility index (Phi) is 7.80. The minimum atomic E-state index is -1.48. The molecule has 1 unspecified atom stereocenters. The quantitative estimate of drug-likeness (QED) is 0.437.